The zero-order chi connectivity index (χ0) is 32.8. The summed E-state index contributed by atoms with van der Waals surface area (Å²) in [5.74, 6) is 2.03. The van der Waals surface area contributed by atoms with Gasteiger partial charge in [0.2, 0.25) is 0 Å². The molecule has 3 heterocycles. The van der Waals surface area contributed by atoms with Crippen molar-refractivity contribution in [2.45, 2.75) is 53.4 Å². The van der Waals surface area contributed by atoms with Gasteiger partial charge in [-0.1, -0.05) is 87.4 Å². The molecule has 0 spiro atoms. The molecule has 1 N–H and O–H groups in total. The van der Waals surface area contributed by atoms with Crippen molar-refractivity contribution in [3.8, 4) is 56.6 Å². The number of nitrogens with zero attached hydrogens (tertiary/aromatic N) is 5. The molecule has 0 bridgehead atoms. The van der Waals surface area contributed by atoms with Crippen LogP contribution in [-0.4, -0.2) is 29.3 Å². The molecule has 0 saturated carbocycles. The predicted molar refractivity (Wildman–Crippen MR) is 190 cm³/mol. The zero-order valence-corrected chi connectivity index (χ0v) is 30.2. The van der Waals surface area contributed by atoms with E-state index >= 15 is 0 Å². The summed E-state index contributed by atoms with van der Waals surface area (Å²) in [7, 11) is 0. The Morgan fingerprint density at radius 3 is 2.00 bits per heavy atom. The number of aromatic hydroxyl groups is 1. The van der Waals surface area contributed by atoms with Crippen LogP contribution in [-0.2, 0) is 21.1 Å². The average molecular weight is 812 g/mol. The van der Waals surface area contributed by atoms with Gasteiger partial charge in [-0.15, -0.1) is 24.3 Å². The molecule has 7 heteroatoms. The smallest absolute Gasteiger partial charge is 0.155 e. The second-order valence-electron chi connectivity index (χ2n) is 12.8. The van der Waals surface area contributed by atoms with E-state index in [0.717, 1.165) is 33.7 Å². The summed E-state index contributed by atoms with van der Waals surface area (Å²) < 4.78 is 3.99. The van der Waals surface area contributed by atoms with Crippen molar-refractivity contribution in [2.75, 3.05) is 0 Å². The van der Waals surface area contributed by atoms with E-state index in [1.807, 2.05) is 53.2 Å². The number of fused-ring (bicyclic) bond motifs is 1. The number of benzene rings is 4. The molecule has 0 aliphatic heterocycles. The first-order valence-corrected chi connectivity index (χ1v) is 16.2. The Bertz CT molecular complexity index is 2220. The molecule has 0 saturated heterocycles. The summed E-state index contributed by atoms with van der Waals surface area (Å²) in [5, 5.41) is 15.9. The van der Waals surface area contributed by atoms with Crippen LogP contribution in [0.15, 0.2) is 103 Å². The monoisotopic (exact) mass is 811 g/mol. The summed E-state index contributed by atoms with van der Waals surface area (Å²) in [6, 6.07) is 34.0. The van der Waals surface area contributed by atoms with Gasteiger partial charge in [0.05, 0.1) is 11.3 Å². The van der Waals surface area contributed by atoms with Gasteiger partial charge < -0.3 is 9.67 Å². The van der Waals surface area contributed by atoms with Crippen LogP contribution in [0, 0.1) is 19.9 Å². The number of imidazole rings is 1. The largest absolute Gasteiger partial charge is 0.507 e. The van der Waals surface area contributed by atoms with Crippen molar-refractivity contribution in [3.63, 3.8) is 0 Å². The third-order valence-electron chi connectivity index (χ3n) is 8.86. The first-order chi connectivity index (χ1) is 22.7. The van der Waals surface area contributed by atoms with Gasteiger partial charge in [0.1, 0.15) is 17.4 Å². The van der Waals surface area contributed by atoms with Crippen LogP contribution in [0.25, 0.3) is 56.5 Å². The Balaban J connectivity index is 0.00000401. The Labute approximate surface area is 296 Å². The minimum absolute atomic E-state index is 0. The van der Waals surface area contributed by atoms with Crippen LogP contribution in [0.4, 0.5) is 0 Å². The molecule has 0 atom stereocenters. The van der Waals surface area contributed by atoms with Crippen molar-refractivity contribution in [2.24, 2.45) is 0 Å². The van der Waals surface area contributed by atoms with E-state index < -0.39 is 0 Å². The van der Waals surface area contributed by atoms with Gasteiger partial charge in [-0.3, -0.25) is 4.98 Å². The molecule has 0 fully saturated rings. The predicted octanol–water partition coefficient (Wildman–Crippen LogP) is 9.95. The van der Waals surface area contributed by atoms with Crippen molar-refractivity contribution in [1.29, 1.82) is 0 Å². The fourth-order valence-corrected chi connectivity index (χ4v) is 6.53. The molecule has 4 aromatic carbocycles. The average Bonchev–Trinajstić information content (AvgIpc) is 3.70. The van der Waals surface area contributed by atoms with Crippen molar-refractivity contribution in [3.05, 3.63) is 132 Å². The van der Waals surface area contributed by atoms with E-state index in [1.165, 1.54) is 27.8 Å². The quantitative estimate of drug-likeness (QED) is 0.163. The molecule has 0 radical (unpaired) electrons. The second kappa shape index (κ2) is 13.4. The van der Waals surface area contributed by atoms with Crippen molar-refractivity contribution < 1.29 is 26.2 Å². The summed E-state index contributed by atoms with van der Waals surface area (Å²) in [6.07, 6.45) is 4.01. The summed E-state index contributed by atoms with van der Waals surface area (Å²) >= 11 is 0. The van der Waals surface area contributed by atoms with Crippen LogP contribution < -0.4 is 0 Å². The third kappa shape index (κ3) is 5.90. The van der Waals surface area contributed by atoms with E-state index in [4.69, 9.17) is 15.1 Å². The van der Waals surface area contributed by atoms with Gasteiger partial charge >= 0.3 is 0 Å². The van der Waals surface area contributed by atoms with Crippen LogP contribution in [0.1, 0.15) is 61.8 Å². The summed E-state index contributed by atoms with van der Waals surface area (Å²) in [6.45, 7) is 13.1. The number of phenols is 1. The molecule has 6 nitrogen and oxygen atoms in total. The van der Waals surface area contributed by atoms with Gasteiger partial charge in [-0.05, 0) is 77.8 Å². The topological polar surface area (TPSA) is 68.2 Å². The van der Waals surface area contributed by atoms with Gasteiger partial charge in [0.25, 0.3) is 0 Å². The first-order valence-electron chi connectivity index (χ1n) is 16.2. The van der Waals surface area contributed by atoms with E-state index in [0.29, 0.717) is 17.2 Å². The molecule has 0 unspecified atom stereocenters. The number of pyridine rings is 1. The molecule has 0 amide bonds. The van der Waals surface area contributed by atoms with Gasteiger partial charge in [-0.25, -0.2) is 9.50 Å². The number of para-hydroxylation sites is 2. The van der Waals surface area contributed by atoms with Gasteiger partial charge in [0.15, 0.2) is 5.65 Å². The van der Waals surface area contributed by atoms with Crippen LogP contribution in [0.2, 0.25) is 0 Å². The van der Waals surface area contributed by atoms with Gasteiger partial charge in [-0.2, -0.15) is 5.10 Å². The molecular weight excluding hydrogens is 774 g/mol. The number of rotatable bonds is 7. The van der Waals surface area contributed by atoms with E-state index in [-0.39, 0.29) is 38.7 Å². The molecule has 3 aromatic heterocycles. The zero-order valence-electron chi connectivity index (χ0n) is 28.0. The maximum absolute atomic E-state index is 11.0. The normalized spacial score (nSPS) is 11.4. The van der Waals surface area contributed by atoms with Crippen molar-refractivity contribution >= 4 is 5.65 Å². The maximum atomic E-state index is 11.0. The number of hydrogen-bond acceptors (Lipinski definition) is 4. The molecule has 48 heavy (non-hydrogen) atoms. The molecule has 244 valence electrons. The standard InChI is InChI=1S/C41H38N5O.Pt/c1-25(2)31-18-11-19-32(26(3)4)38(31)45-24-35(42-40(45)33-17-7-8-21-36(33)47)29-15-10-16-30(23-29)39-43-41-34(20-12-22-46(41)44-39)37-27(5)13-9-14-28(37)6;/h7-22,24-26,47H,1-6H3;/q-1;. The first kappa shape index (κ1) is 33.1. The fraction of sp³-hybridized carbons (Fsp3) is 0.195. The molecule has 0 aliphatic rings. The molecule has 7 rings (SSSR count). The van der Waals surface area contributed by atoms with Gasteiger partial charge in [0, 0.05) is 44.7 Å². The molecular formula is C41H38N5OPt-. The van der Waals surface area contributed by atoms with E-state index in [1.54, 1.807) is 6.07 Å². The molecule has 0 aliphatic carbocycles. The maximum Gasteiger partial charge on any atom is 0.155 e. The third-order valence-corrected chi connectivity index (χ3v) is 8.86. The summed E-state index contributed by atoms with van der Waals surface area (Å²) in [4.78, 5) is 10.2. The number of phenolic OH excluding ortho intramolecular Hbond substituents is 1. The van der Waals surface area contributed by atoms with Crippen molar-refractivity contribution in [1.82, 2.24) is 24.1 Å². The second-order valence-corrected chi connectivity index (χ2v) is 12.8. The van der Waals surface area contributed by atoms with Crippen LogP contribution >= 0.6 is 0 Å². The van der Waals surface area contributed by atoms with Crippen LogP contribution in [0.5, 0.6) is 5.75 Å². The Morgan fingerprint density at radius 1 is 0.688 bits per heavy atom. The van der Waals surface area contributed by atoms with Crippen LogP contribution in [0.3, 0.4) is 0 Å². The van der Waals surface area contributed by atoms with E-state index in [2.05, 4.69) is 101 Å². The Morgan fingerprint density at radius 2 is 1.31 bits per heavy atom. The minimum Gasteiger partial charge on any atom is -0.507 e. The fourth-order valence-electron chi connectivity index (χ4n) is 6.53. The number of hydrogen-bond donors (Lipinski definition) is 1. The Hall–Kier alpha value is -4.80. The SMILES string of the molecule is Cc1cccc(C)c1-c1cccn2nc(-c3[c-]c(-c4cn(-c5c(C(C)C)cccc5C(C)C)c(-c5ccccc5O)n4)ccc3)nc12.[Pt]. The Kier molecular flexibility index (Phi) is 9.22. The minimum atomic E-state index is 0. The summed E-state index contributed by atoms with van der Waals surface area (Å²) in [5.41, 5.74) is 12.0. The number of aromatic nitrogens is 5. The number of aryl methyl sites for hydroxylation is 2. The molecule has 7 aromatic rings. The van der Waals surface area contributed by atoms with E-state index in [9.17, 15) is 5.11 Å².